The molecule has 2 unspecified atom stereocenters. The highest BCUT2D eigenvalue weighted by atomic mass is 32.2. The Morgan fingerprint density at radius 3 is 2.35 bits per heavy atom. The maximum Gasteiger partial charge on any atom is 0.243 e. The van der Waals surface area contributed by atoms with Crippen LogP contribution in [-0.4, -0.2) is 32.0 Å². The van der Waals surface area contributed by atoms with Gasteiger partial charge in [0.25, 0.3) is 0 Å². The maximum absolute atomic E-state index is 13.1. The van der Waals surface area contributed by atoms with Crippen LogP contribution in [0.1, 0.15) is 18.5 Å². The molecule has 2 aromatic carbocycles. The van der Waals surface area contributed by atoms with E-state index in [4.69, 9.17) is 10.5 Å². The molecule has 2 aromatic rings. The van der Waals surface area contributed by atoms with Gasteiger partial charge in [-0.15, -0.1) is 0 Å². The van der Waals surface area contributed by atoms with Crippen LogP contribution in [-0.2, 0) is 14.8 Å². The summed E-state index contributed by atoms with van der Waals surface area (Å²) >= 11 is 0. The largest absolute Gasteiger partial charge is 0.399 e. The summed E-state index contributed by atoms with van der Waals surface area (Å²) in [4.78, 5) is 0.245. The molecule has 1 fully saturated rings. The lowest BCUT2D eigenvalue weighted by atomic mass is 10.1. The third kappa shape index (κ3) is 3.55. The molecule has 1 aliphatic rings. The van der Waals surface area contributed by atoms with Crippen LogP contribution in [0.5, 0.6) is 0 Å². The molecule has 0 radical (unpaired) electrons. The van der Waals surface area contributed by atoms with Gasteiger partial charge in [-0.05, 0) is 36.8 Å². The number of nitrogens with zero attached hydrogens (tertiary/aromatic N) is 1. The van der Waals surface area contributed by atoms with Crippen LogP contribution in [0.15, 0.2) is 59.5 Å². The minimum Gasteiger partial charge on any atom is -0.399 e. The standard InChI is InChI=1S/C17H20N2O3S/c1-13(14-5-3-2-4-6-14)19(11-16-12-22-16)23(20,21)17-9-7-15(18)8-10-17/h2-10,13,16H,11-12,18H2,1H3. The molecule has 5 nitrogen and oxygen atoms in total. The average molecular weight is 332 g/mol. The van der Waals surface area contributed by atoms with Crippen LogP contribution in [0.25, 0.3) is 0 Å². The first-order valence-electron chi connectivity index (χ1n) is 7.52. The van der Waals surface area contributed by atoms with Gasteiger partial charge in [0.1, 0.15) is 0 Å². The molecule has 2 atom stereocenters. The van der Waals surface area contributed by atoms with Crippen molar-refractivity contribution in [3.05, 3.63) is 60.2 Å². The van der Waals surface area contributed by atoms with Crippen molar-refractivity contribution in [2.75, 3.05) is 18.9 Å². The highest BCUT2D eigenvalue weighted by molar-refractivity contribution is 7.89. The van der Waals surface area contributed by atoms with E-state index in [0.29, 0.717) is 18.8 Å². The second-order valence-corrected chi connectivity index (χ2v) is 7.58. The second-order valence-electron chi connectivity index (χ2n) is 5.69. The Labute approximate surface area is 136 Å². The van der Waals surface area contributed by atoms with Crippen molar-refractivity contribution in [1.82, 2.24) is 4.31 Å². The van der Waals surface area contributed by atoms with E-state index < -0.39 is 10.0 Å². The number of rotatable bonds is 6. The van der Waals surface area contributed by atoms with Crippen molar-refractivity contribution in [2.45, 2.75) is 24.0 Å². The van der Waals surface area contributed by atoms with Crippen LogP contribution >= 0.6 is 0 Å². The number of anilines is 1. The lowest BCUT2D eigenvalue weighted by Gasteiger charge is -2.28. The van der Waals surface area contributed by atoms with E-state index in [1.54, 1.807) is 24.3 Å². The molecular formula is C17H20N2O3S. The summed E-state index contributed by atoms with van der Waals surface area (Å²) in [7, 11) is -3.62. The molecule has 6 heteroatoms. The van der Waals surface area contributed by atoms with Gasteiger partial charge in [-0.2, -0.15) is 4.31 Å². The smallest absolute Gasteiger partial charge is 0.243 e. The predicted molar refractivity (Wildman–Crippen MR) is 89.3 cm³/mol. The van der Waals surface area contributed by atoms with Gasteiger partial charge in [0.05, 0.1) is 17.6 Å². The number of hydrogen-bond donors (Lipinski definition) is 1. The molecule has 0 spiro atoms. The molecule has 1 aliphatic heterocycles. The molecule has 2 N–H and O–H groups in total. The summed E-state index contributed by atoms with van der Waals surface area (Å²) in [5, 5.41) is 0. The zero-order chi connectivity index (χ0) is 16.4. The lowest BCUT2D eigenvalue weighted by Crippen LogP contribution is -2.36. The first kappa shape index (κ1) is 16.0. The number of sulfonamides is 1. The first-order valence-corrected chi connectivity index (χ1v) is 8.96. The van der Waals surface area contributed by atoms with Crippen molar-refractivity contribution < 1.29 is 13.2 Å². The number of epoxide rings is 1. The van der Waals surface area contributed by atoms with E-state index in [-0.39, 0.29) is 17.0 Å². The van der Waals surface area contributed by atoms with Gasteiger partial charge in [-0.3, -0.25) is 0 Å². The fraction of sp³-hybridized carbons (Fsp3) is 0.294. The molecular weight excluding hydrogens is 312 g/mol. The summed E-state index contributed by atoms with van der Waals surface area (Å²) < 4.78 is 32.9. The number of ether oxygens (including phenoxy) is 1. The van der Waals surface area contributed by atoms with E-state index in [1.807, 2.05) is 37.3 Å². The third-order valence-electron chi connectivity index (χ3n) is 3.99. The highest BCUT2D eigenvalue weighted by Gasteiger charge is 2.36. The van der Waals surface area contributed by atoms with Gasteiger partial charge in [0, 0.05) is 18.3 Å². The minimum atomic E-state index is -3.62. The Kier molecular flexibility index (Phi) is 4.39. The monoisotopic (exact) mass is 332 g/mol. The van der Waals surface area contributed by atoms with Gasteiger partial charge in [-0.1, -0.05) is 30.3 Å². The first-order chi connectivity index (χ1) is 11.0. The van der Waals surface area contributed by atoms with Crippen LogP contribution in [0.2, 0.25) is 0 Å². The Hall–Kier alpha value is -1.89. The summed E-state index contributed by atoms with van der Waals surface area (Å²) in [6, 6.07) is 15.6. The normalized spacial score (nSPS) is 18.8. The Morgan fingerprint density at radius 1 is 1.17 bits per heavy atom. The minimum absolute atomic E-state index is 0.0234. The van der Waals surface area contributed by atoms with Crippen LogP contribution < -0.4 is 5.73 Å². The second kappa shape index (κ2) is 6.31. The summed E-state index contributed by atoms with van der Waals surface area (Å²) in [6.45, 7) is 2.85. The van der Waals surface area contributed by atoms with Gasteiger partial charge in [-0.25, -0.2) is 8.42 Å². The van der Waals surface area contributed by atoms with Crippen LogP contribution in [0.4, 0.5) is 5.69 Å². The molecule has 0 bridgehead atoms. The summed E-state index contributed by atoms with van der Waals surface area (Å²) in [6.07, 6.45) is -0.0234. The zero-order valence-corrected chi connectivity index (χ0v) is 13.7. The summed E-state index contributed by atoms with van der Waals surface area (Å²) in [5.74, 6) is 0. The zero-order valence-electron chi connectivity index (χ0n) is 12.9. The fourth-order valence-corrected chi connectivity index (χ4v) is 4.16. The molecule has 0 aromatic heterocycles. The predicted octanol–water partition coefficient (Wildman–Crippen LogP) is 2.42. The molecule has 0 saturated carbocycles. The van der Waals surface area contributed by atoms with Crippen LogP contribution in [0.3, 0.4) is 0 Å². The number of nitrogen functional groups attached to an aromatic ring is 1. The summed E-state index contributed by atoms with van der Waals surface area (Å²) in [5.41, 5.74) is 7.15. The number of nitrogens with two attached hydrogens (primary N) is 1. The molecule has 122 valence electrons. The fourth-order valence-electron chi connectivity index (χ4n) is 2.51. The SMILES string of the molecule is CC(c1ccccc1)N(CC1CO1)S(=O)(=O)c1ccc(N)cc1. The van der Waals surface area contributed by atoms with Crippen molar-refractivity contribution in [3.63, 3.8) is 0 Å². The van der Waals surface area contributed by atoms with Crippen molar-refractivity contribution in [2.24, 2.45) is 0 Å². The van der Waals surface area contributed by atoms with Crippen molar-refractivity contribution >= 4 is 15.7 Å². The highest BCUT2D eigenvalue weighted by Crippen LogP contribution is 2.29. The molecule has 1 heterocycles. The molecule has 0 aliphatic carbocycles. The number of hydrogen-bond acceptors (Lipinski definition) is 4. The van der Waals surface area contributed by atoms with Gasteiger partial charge in [0.15, 0.2) is 0 Å². The average Bonchev–Trinajstić information content (AvgIpc) is 3.37. The van der Waals surface area contributed by atoms with E-state index in [1.165, 1.54) is 4.31 Å². The van der Waals surface area contributed by atoms with E-state index >= 15 is 0 Å². The van der Waals surface area contributed by atoms with Gasteiger partial charge >= 0.3 is 0 Å². The van der Waals surface area contributed by atoms with Gasteiger partial charge < -0.3 is 10.5 Å². The third-order valence-corrected chi connectivity index (χ3v) is 5.94. The van der Waals surface area contributed by atoms with E-state index in [9.17, 15) is 8.42 Å². The molecule has 0 amide bonds. The van der Waals surface area contributed by atoms with E-state index in [0.717, 1.165) is 5.56 Å². The van der Waals surface area contributed by atoms with Gasteiger partial charge in [0.2, 0.25) is 10.0 Å². The molecule has 3 rings (SSSR count). The van der Waals surface area contributed by atoms with Crippen molar-refractivity contribution in [1.29, 1.82) is 0 Å². The Morgan fingerprint density at radius 2 is 1.78 bits per heavy atom. The van der Waals surface area contributed by atoms with Crippen LogP contribution in [0, 0.1) is 0 Å². The Balaban J connectivity index is 1.96. The quantitative estimate of drug-likeness (QED) is 0.651. The number of benzene rings is 2. The lowest BCUT2D eigenvalue weighted by molar-refractivity contribution is 0.295. The molecule has 1 saturated heterocycles. The maximum atomic E-state index is 13.1. The Bertz CT molecular complexity index is 756. The molecule has 23 heavy (non-hydrogen) atoms. The van der Waals surface area contributed by atoms with E-state index in [2.05, 4.69) is 0 Å². The van der Waals surface area contributed by atoms with Crippen molar-refractivity contribution in [3.8, 4) is 0 Å². The topological polar surface area (TPSA) is 75.9 Å².